The summed E-state index contributed by atoms with van der Waals surface area (Å²) in [5, 5.41) is 2.71. The molecule has 1 amide bonds. The molecule has 4 nitrogen and oxygen atoms in total. The summed E-state index contributed by atoms with van der Waals surface area (Å²) in [5.41, 5.74) is 0.946. The number of pyridine rings is 1. The van der Waals surface area contributed by atoms with Crippen LogP contribution in [0.1, 0.15) is 26.3 Å². The Labute approximate surface area is 96.0 Å². The van der Waals surface area contributed by atoms with E-state index in [1.165, 1.54) is 0 Å². The molecule has 1 aromatic heterocycles. The first kappa shape index (κ1) is 12.5. The number of aromatic nitrogens is 1. The maximum atomic E-state index is 11.3. The molecular formula is C12H18N2O2. The van der Waals surface area contributed by atoms with Crippen molar-refractivity contribution in [1.82, 2.24) is 10.3 Å². The molecule has 0 aliphatic rings. The van der Waals surface area contributed by atoms with Crippen LogP contribution in [0.4, 0.5) is 4.79 Å². The van der Waals surface area contributed by atoms with Gasteiger partial charge in [0.25, 0.3) is 0 Å². The number of nitrogens with one attached hydrogen (secondary N) is 1. The number of ether oxygens (including phenoxy) is 1. The molecule has 4 heteroatoms. The molecule has 0 radical (unpaired) electrons. The Morgan fingerprint density at radius 1 is 1.50 bits per heavy atom. The van der Waals surface area contributed by atoms with E-state index in [0.717, 1.165) is 5.56 Å². The van der Waals surface area contributed by atoms with Crippen LogP contribution in [0.25, 0.3) is 0 Å². The summed E-state index contributed by atoms with van der Waals surface area (Å²) in [6.45, 7) is 7.00. The Balaban J connectivity index is 2.26. The predicted octanol–water partition coefficient (Wildman–Crippen LogP) is 2.35. The molecular weight excluding hydrogens is 204 g/mol. The summed E-state index contributed by atoms with van der Waals surface area (Å²) in [6.07, 6.45) is 2.97. The summed E-state index contributed by atoms with van der Waals surface area (Å²) < 4.78 is 5.03. The number of hydrogen-bond donors (Lipinski definition) is 1. The van der Waals surface area contributed by atoms with Gasteiger partial charge >= 0.3 is 6.09 Å². The lowest BCUT2D eigenvalue weighted by atomic mass is 9.97. The van der Waals surface area contributed by atoms with Gasteiger partial charge in [-0.15, -0.1) is 0 Å². The molecule has 0 aliphatic carbocycles. The molecule has 1 heterocycles. The minimum absolute atomic E-state index is 0.0628. The Morgan fingerprint density at radius 3 is 2.81 bits per heavy atom. The van der Waals surface area contributed by atoms with Gasteiger partial charge in [0.1, 0.15) is 6.61 Å². The lowest BCUT2D eigenvalue weighted by Gasteiger charge is -2.18. The molecule has 0 bridgehead atoms. The van der Waals surface area contributed by atoms with Crippen LogP contribution in [0.3, 0.4) is 0 Å². The van der Waals surface area contributed by atoms with Crippen LogP contribution in [-0.2, 0) is 11.3 Å². The molecule has 16 heavy (non-hydrogen) atoms. The Hall–Kier alpha value is -1.58. The van der Waals surface area contributed by atoms with Crippen LogP contribution >= 0.6 is 0 Å². The van der Waals surface area contributed by atoms with Crippen molar-refractivity contribution in [2.45, 2.75) is 27.4 Å². The van der Waals surface area contributed by atoms with Crippen LogP contribution in [0, 0.1) is 5.41 Å². The van der Waals surface area contributed by atoms with E-state index in [1.807, 2.05) is 32.9 Å². The first-order valence-corrected chi connectivity index (χ1v) is 5.27. The highest BCUT2D eigenvalue weighted by atomic mass is 16.5. The first-order valence-electron chi connectivity index (χ1n) is 5.27. The third-order valence-electron chi connectivity index (χ3n) is 1.86. The number of hydrogen-bond acceptors (Lipinski definition) is 3. The molecule has 1 aromatic rings. The van der Waals surface area contributed by atoms with Gasteiger partial charge in [-0.05, 0) is 11.5 Å². The van der Waals surface area contributed by atoms with Crippen molar-refractivity contribution in [3.63, 3.8) is 0 Å². The number of carbonyl (C=O) groups excluding carboxylic acids is 1. The summed E-state index contributed by atoms with van der Waals surface area (Å²) in [4.78, 5) is 15.2. The van der Waals surface area contributed by atoms with Gasteiger partial charge < -0.3 is 10.1 Å². The highest BCUT2D eigenvalue weighted by Gasteiger charge is 2.12. The van der Waals surface area contributed by atoms with Gasteiger partial charge in [-0.1, -0.05) is 26.8 Å². The molecule has 0 saturated heterocycles. The molecule has 88 valence electrons. The molecule has 0 atom stereocenters. The highest BCUT2D eigenvalue weighted by molar-refractivity contribution is 5.67. The van der Waals surface area contributed by atoms with Crippen LogP contribution in [0.15, 0.2) is 24.5 Å². The standard InChI is InChI=1S/C12H18N2O2/c1-12(2,3)9-14-11(15)16-8-10-5-4-6-13-7-10/h4-7H,8-9H2,1-3H3,(H,14,15). The zero-order valence-corrected chi connectivity index (χ0v) is 9.99. The maximum Gasteiger partial charge on any atom is 0.407 e. The zero-order valence-electron chi connectivity index (χ0n) is 9.99. The Kier molecular flexibility index (Phi) is 4.28. The lowest BCUT2D eigenvalue weighted by Crippen LogP contribution is -2.32. The molecule has 0 aliphatic heterocycles. The second kappa shape index (κ2) is 5.49. The van der Waals surface area contributed by atoms with Gasteiger partial charge in [0.15, 0.2) is 0 Å². The van der Waals surface area contributed by atoms with E-state index in [2.05, 4.69) is 10.3 Å². The van der Waals surface area contributed by atoms with E-state index >= 15 is 0 Å². The second-order valence-electron chi connectivity index (χ2n) is 4.85. The van der Waals surface area contributed by atoms with Gasteiger partial charge in [-0.3, -0.25) is 4.98 Å². The van der Waals surface area contributed by atoms with Crippen molar-refractivity contribution in [2.75, 3.05) is 6.54 Å². The van der Waals surface area contributed by atoms with Crippen molar-refractivity contribution < 1.29 is 9.53 Å². The van der Waals surface area contributed by atoms with Crippen molar-refractivity contribution >= 4 is 6.09 Å². The molecule has 1 rings (SSSR count). The summed E-state index contributed by atoms with van der Waals surface area (Å²) in [6, 6.07) is 3.68. The van der Waals surface area contributed by atoms with Gasteiger partial charge in [-0.2, -0.15) is 0 Å². The Bertz CT molecular complexity index is 331. The molecule has 0 fully saturated rings. The quantitative estimate of drug-likeness (QED) is 0.854. The fraction of sp³-hybridized carbons (Fsp3) is 0.500. The largest absolute Gasteiger partial charge is 0.445 e. The van der Waals surface area contributed by atoms with E-state index < -0.39 is 6.09 Å². The molecule has 0 saturated carbocycles. The van der Waals surface area contributed by atoms with E-state index in [4.69, 9.17) is 4.74 Å². The average molecular weight is 222 g/mol. The third-order valence-corrected chi connectivity index (χ3v) is 1.86. The van der Waals surface area contributed by atoms with Crippen molar-refractivity contribution in [1.29, 1.82) is 0 Å². The molecule has 0 unspecified atom stereocenters. The number of alkyl carbamates (subject to hydrolysis) is 1. The number of rotatable bonds is 3. The molecule has 0 aromatic carbocycles. The van der Waals surface area contributed by atoms with E-state index in [9.17, 15) is 4.79 Å². The van der Waals surface area contributed by atoms with Crippen LogP contribution in [-0.4, -0.2) is 17.6 Å². The summed E-state index contributed by atoms with van der Waals surface area (Å²) in [7, 11) is 0. The topological polar surface area (TPSA) is 51.2 Å². The Morgan fingerprint density at radius 2 is 2.25 bits per heavy atom. The molecule has 0 spiro atoms. The van der Waals surface area contributed by atoms with Crippen molar-refractivity contribution in [3.8, 4) is 0 Å². The van der Waals surface area contributed by atoms with Crippen molar-refractivity contribution in [2.24, 2.45) is 5.41 Å². The maximum absolute atomic E-state index is 11.3. The van der Waals surface area contributed by atoms with Crippen LogP contribution in [0.2, 0.25) is 0 Å². The fourth-order valence-corrected chi connectivity index (χ4v) is 1.02. The SMILES string of the molecule is CC(C)(C)CNC(=O)OCc1cccnc1. The normalized spacial score (nSPS) is 10.9. The summed E-state index contributed by atoms with van der Waals surface area (Å²) in [5.74, 6) is 0. The van der Waals surface area contributed by atoms with Gasteiger partial charge in [0.05, 0.1) is 0 Å². The van der Waals surface area contributed by atoms with Gasteiger partial charge in [-0.25, -0.2) is 4.79 Å². The third kappa shape index (κ3) is 5.34. The predicted molar refractivity (Wildman–Crippen MR) is 61.9 cm³/mol. The van der Waals surface area contributed by atoms with Gasteiger partial charge in [0.2, 0.25) is 0 Å². The van der Waals surface area contributed by atoms with Crippen LogP contribution in [0.5, 0.6) is 0 Å². The lowest BCUT2D eigenvalue weighted by molar-refractivity contribution is 0.136. The monoisotopic (exact) mass is 222 g/mol. The zero-order chi connectivity index (χ0) is 12.0. The minimum Gasteiger partial charge on any atom is -0.445 e. The second-order valence-corrected chi connectivity index (χ2v) is 4.85. The van der Waals surface area contributed by atoms with Gasteiger partial charge in [0, 0.05) is 24.5 Å². The van der Waals surface area contributed by atoms with E-state index in [0.29, 0.717) is 6.54 Å². The van der Waals surface area contributed by atoms with Crippen molar-refractivity contribution in [3.05, 3.63) is 30.1 Å². The smallest absolute Gasteiger partial charge is 0.407 e. The highest BCUT2D eigenvalue weighted by Crippen LogP contribution is 2.10. The fourth-order valence-electron chi connectivity index (χ4n) is 1.02. The number of carbonyl (C=O) groups is 1. The average Bonchev–Trinajstić information content (AvgIpc) is 2.24. The first-order chi connectivity index (χ1) is 7.47. The number of amides is 1. The summed E-state index contributed by atoms with van der Waals surface area (Å²) >= 11 is 0. The van der Waals surface area contributed by atoms with Crippen LogP contribution < -0.4 is 5.32 Å². The van der Waals surface area contributed by atoms with E-state index in [1.54, 1.807) is 12.4 Å². The minimum atomic E-state index is -0.390. The van der Waals surface area contributed by atoms with E-state index in [-0.39, 0.29) is 12.0 Å². The molecule has 1 N–H and O–H groups in total. The number of nitrogens with zero attached hydrogens (tertiary/aromatic N) is 1.